The molecule has 25 heavy (non-hydrogen) atoms. The molecular weight excluding hydrogens is 320 g/mol. The first-order valence-electron chi connectivity index (χ1n) is 8.65. The minimum atomic E-state index is -1.69. The lowest BCUT2D eigenvalue weighted by Crippen LogP contribution is -2.46. The Morgan fingerprint density at radius 2 is 1.64 bits per heavy atom. The van der Waals surface area contributed by atoms with E-state index in [9.17, 15) is 9.59 Å². The smallest absolute Gasteiger partial charge is 0.330 e. The predicted molar refractivity (Wildman–Crippen MR) is 93.7 cm³/mol. The average molecular weight is 346 g/mol. The lowest BCUT2D eigenvalue weighted by atomic mass is 9.72. The molecule has 0 aliphatic carbocycles. The molecule has 0 amide bonds. The Morgan fingerprint density at radius 1 is 1.12 bits per heavy atom. The number of carbonyl (C=O) groups is 2. The van der Waals surface area contributed by atoms with Crippen LogP contribution in [0.25, 0.3) is 0 Å². The monoisotopic (exact) mass is 346 g/mol. The first-order chi connectivity index (χ1) is 11.9. The summed E-state index contributed by atoms with van der Waals surface area (Å²) in [5.41, 5.74) is -0.580. The summed E-state index contributed by atoms with van der Waals surface area (Å²) in [5, 5.41) is 0. The standard InChI is InChI=1S/C20H26O5/c1-6-23-18(21)20(19(22)24-7-2)14(5)16(13(3)4)25-17(20)15-11-9-8-10-12-15/h8-13,16-17H,5-7H2,1-4H3. The van der Waals surface area contributed by atoms with Crippen LogP contribution < -0.4 is 0 Å². The molecule has 0 spiro atoms. The van der Waals surface area contributed by atoms with Crippen molar-refractivity contribution in [2.45, 2.75) is 39.9 Å². The van der Waals surface area contributed by atoms with Gasteiger partial charge in [-0.2, -0.15) is 0 Å². The van der Waals surface area contributed by atoms with Gasteiger partial charge in [0, 0.05) is 0 Å². The maximum Gasteiger partial charge on any atom is 0.330 e. The van der Waals surface area contributed by atoms with Crippen LogP contribution in [0.15, 0.2) is 42.5 Å². The summed E-state index contributed by atoms with van der Waals surface area (Å²) in [4.78, 5) is 26.0. The molecule has 0 aromatic heterocycles. The summed E-state index contributed by atoms with van der Waals surface area (Å²) in [6, 6.07) is 9.20. The number of rotatable bonds is 6. The summed E-state index contributed by atoms with van der Waals surface area (Å²) in [6.07, 6.45) is -1.27. The molecule has 0 radical (unpaired) electrons. The number of ether oxygens (including phenoxy) is 3. The lowest BCUT2D eigenvalue weighted by molar-refractivity contribution is -0.174. The van der Waals surface area contributed by atoms with Gasteiger partial charge in [-0.25, -0.2) is 0 Å². The SMILES string of the molecule is C=C1C(C(C)C)OC(c2ccccc2)C1(C(=O)OCC)C(=O)OCC. The minimum absolute atomic E-state index is 0.0458. The van der Waals surface area contributed by atoms with Gasteiger partial charge in [-0.15, -0.1) is 0 Å². The third-order valence-electron chi connectivity index (χ3n) is 4.43. The molecule has 1 fully saturated rings. The molecule has 1 heterocycles. The quantitative estimate of drug-likeness (QED) is 0.448. The predicted octanol–water partition coefficient (Wildman–Crippen LogP) is 3.45. The van der Waals surface area contributed by atoms with Gasteiger partial charge in [-0.05, 0) is 30.9 Å². The zero-order valence-corrected chi connectivity index (χ0v) is 15.3. The zero-order valence-electron chi connectivity index (χ0n) is 15.3. The van der Waals surface area contributed by atoms with Gasteiger partial charge in [0.25, 0.3) is 0 Å². The van der Waals surface area contributed by atoms with Crippen LogP contribution in [0.4, 0.5) is 0 Å². The van der Waals surface area contributed by atoms with Gasteiger partial charge in [0.05, 0.1) is 19.3 Å². The van der Waals surface area contributed by atoms with Crippen molar-refractivity contribution in [3.8, 4) is 0 Å². The third-order valence-corrected chi connectivity index (χ3v) is 4.43. The van der Waals surface area contributed by atoms with Crippen LogP contribution in [0.2, 0.25) is 0 Å². The largest absolute Gasteiger partial charge is 0.465 e. The molecule has 0 N–H and O–H groups in total. The van der Waals surface area contributed by atoms with Crippen molar-refractivity contribution in [1.82, 2.24) is 0 Å². The summed E-state index contributed by atoms with van der Waals surface area (Å²) in [7, 11) is 0. The number of esters is 2. The van der Waals surface area contributed by atoms with E-state index in [1.165, 1.54) is 0 Å². The average Bonchev–Trinajstić information content (AvgIpc) is 2.90. The van der Waals surface area contributed by atoms with E-state index in [1.54, 1.807) is 13.8 Å². The summed E-state index contributed by atoms with van der Waals surface area (Å²) in [6.45, 7) is 11.7. The topological polar surface area (TPSA) is 61.8 Å². The molecule has 5 heteroatoms. The highest BCUT2D eigenvalue weighted by Crippen LogP contribution is 2.54. The zero-order chi connectivity index (χ0) is 18.6. The Kier molecular flexibility index (Phi) is 6.01. The Balaban J connectivity index is 2.65. The van der Waals surface area contributed by atoms with Gasteiger partial charge in [-0.1, -0.05) is 50.8 Å². The Bertz CT molecular complexity index is 617. The van der Waals surface area contributed by atoms with E-state index in [4.69, 9.17) is 14.2 Å². The van der Waals surface area contributed by atoms with Gasteiger partial charge < -0.3 is 14.2 Å². The van der Waals surface area contributed by atoms with Crippen LogP contribution in [-0.4, -0.2) is 31.3 Å². The van der Waals surface area contributed by atoms with E-state index >= 15 is 0 Å². The van der Waals surface area contributed by atoms with Crippen molar-refractivity contribution in [2.24, 2.45) is 11.3 Å². The Morgan fingerprint density at radius 3 is 2.08 bits per heavy atom. The van der Waals surface area contributed by atoms with Crippen molar-refractivity contribution in [1.29, 1.82) is 0 Å². The fraction of sp³-hybridized carbons (Fsp3) is 0.500. The summed E-state index contributed by atoms with van der Waals surface area (Å²) < 4.78 is 16.7. The minimum Gasteiger partial charge on any atom is -0.465 e. The third kappa shape index (κ3) is 3.21. The molecule has 1 saturated heterocycles. The van der Waals surface area contributed by atoms with Crippen LogP contribution in [0.3, 0.4) is 0 Å². The molecule has 1 aliphatic heterocycles. The molecule has 0 saturated carbocycles. The van der Waals surface area contributed by atoms with Crippen LogP contribution >= 0.6 is 0 Å². The molecule has 136 valence electrons. The van der Waals surface area contributed by atoms with Gasteiger partial charge >= 0.3 is 11.9 Å². The Hall–Kier alpha value is -2.14. The molecule has 2 rings (SSSR count). The highest BCUT2D eigenvalue weighted by Gasteiger charge is 2.65. The van der Waals surface area contributed by atoms with Crippen LogP contribution in [0.5, 0.6) is 0 Å². The van der Waals surface area contributed by atoms with Crippen molar-refractivity contribution in [3.63, 3.8) is 0 Å². The van der Waals surface area contributed by atoms with Crippen LogP contribution in [-0.2, 0) is 23.8 Å². The van der Waals surface area contributed by atoms with Crippen molar-refractivity contribution in [3.05, 3.63) is 48.0 Å². The van der Waals surface area contributed by atoms with Gasteiger partial charge in [0.15, 0.2) is 0 Å². The number of benzene rings is 1. The van der Waals surface area contributed by atoms with E-state index in [0.717, 1.165) is 0 Å². The maximum atomic E-state index is 13.0. The highest BCUT2D eigenvalue weighted by atomic mass is 16.6. The summed E-state index contributed by atoms with van der Waals surface area (Å²) in [5.74, 6) is -1.30. The highest BCUT2D eigenvalue weighted by molar-refractivity contribution is 6.05. The van der Waals surface area contributed by atoms with Crippen molar-refractivity contribution in [2.75, 3.05) is 13.2 Å². The first-order valence-corrected chi connectivity index (χ1v) is 8.65. The molecule has 1 aliphatic rings. The Labute approximate surface area is 149 Å². The molecule has 2 atom stereocenters. The molecule has 1 aromatic rings. The van der Waals surface area contributed by atoms with Gasteiger partial charge in [0.2, 0.25) is 5.41 Å². The molecule has 1 aromatic carbocycles. The number of hydrogen-bond donors (Lipinski definition) is 0. The second-order valence-corrected chi connectivity index (χ2v) is 6.37. The van der Waals surface area contributed by atoms with Crippen LogP contribution in [0.1, 0.15) is 39.4 Å². The normalized spacial score (nSPS) is 22.0. The van der Waals surface area contributed by atoms with E-state index in [0.29, 0.717) is 11.1 Å². The maximum absolute atomic E-state index is 13.0. The van der Waals surface area contributed by atoms with E-state index in [1.807, 2.05) is 44.2 Å². The van der Waals surface area contributed by atoms with Crippen molar-refractivity contribution >= 4 is 11.9 Å². The number of hydrogen-bond acceptors (Lipinski definition) is 5. The molecule has 5 nitrogen and oxygen atoms in total. The molecule has 0 bridgehead atoms. The van der Waals surface area contributed by atoms with Crippen LogP contribution in [0, 0.1) is 11.3 Å². The van der Waals surface area contributed by atoms with Gasteiger partial charge in [-0.3, -0.25) is 9.59 Å². The fourth-order valence-corrected chi connectivity index (χ4v) is 3.29. The van der Waals surface area contributed by atoms with E-state index < -0.39 is 29.6 Å². The lowest BCUT2D eigenvalue weighted by Gasteiger charge is -2.30. The number of carbonyl (C=O) groups excluding carboxylic acids is 2. The van der Waals surface area contributed by atoms with E-state index in [-0.39, 0.29) is 19.1 Å². The van der Waals surface area contributed by atoms with Crippen molar-refractivity contribution < 1.29 is 23.8 Å². The first kappa shape index (κ1) is 19.2. The fourth-order valence-electron chi connectivity index (χ4n) is 3.29. The second kappa shape index (κ2) is 7.83. The molecular formula is C20H26O5. The van der Waals surface area contributed by atoms with E-state index in [2.05, 4.69) is 6.58 Å². The van der Waals surface area contributed by atoms with Gasteiger partial charge in [0.1, 0.15) is 6.10 Å². The summed E-state index contributed by atoms with van der Waals surface area (Å²) >= 11 is 0. The molecule has 2 unspecified atom stereocenters. The second-order valence-electron chi connectivity index (χ2n) is 6.37.